The van der Waals surface area contributed by atoms with E-state index >= 15 is 17.6 Å². The highest BCUT2D eigenvalue weighted by atomic mass is 19.2. The Morgan fingerprint density at radius 1 is 0.500 bits per heavy atom. The second-order valence-electron chi connectivity index (χ2n) is 9.41. The number of benzene rings is 4. The van der Waals surface area contributed by atoms with Gasteiger partial charge in [-0.05, 0) is 38.1 Å². The molecule has 46 heavy (non-hydrogen) atoms. The van der Waals surface area contributed by atoms with Crippen molar-refractivity contribution in [2.24, 2.45) is 0 Å². The lowest BCUT2D eigenvalue weighted by molar-refractivity contribution is -0.130. The summed E-state index contributed by atoms with van der Waals surface area (Å²) in [6, 6.07) is 8.71. The molecule has 0 aliphatic heterocycles. The summed E-state index contributed by atoms with van der Waals surface area (Å²) < 4.78 is 140. The van der Waals surface area contributed by atoms with E-state index in [2.05, 4.69) is 13.2 Å². The number of esters is 2. The molecular weight excluding hydrogens is 632 g/mol. The molecule has 0 bridgehead atoms. The lowest BCUT2D eigenvalue weighted by Gasteiger charge is -2.16. The smallest absolute Gasteiger partial charge is 0.338 e. The third-order valence-electron chi connectivity index (χ3n) is 5.87. The van der Waals surface area contributed by atoms with Gasteiger partial charge < -0.3 is 18.9 Å². The van der Waals surface area contributed by atoms with E-state index in [0.717, 1.165) is 24.3 Å². The summed E-state index contributed by atoms with van der Waals surface area (Å²) in [5.74, 6) is -25.9. The Balaban J connectivity index is 1.74. The van der Waals surface area contributed by atoms with Crippen molar-refractivity contribution in [1.82, 2.24) is 0 Å². The van der Waals surface area contributed by atoms with Crippen molar-refractivity contribution in [2.45, 2.75) is 13.8 Å². The Kier molecular flexibility index (Phi) is 9.49. The van der Waals surface area contributed by atoms with Crippen LogP contribution in [0.3, 0.4) is 0 Å². The predicted molar refractivity (Wildman–Crippen MR) is 145 cm³/mol. The van der Waals surface area contributed by atoms with Gasteiger partial charge in [0.1, 0.15) is 23.0 Å². The van der Waals surface area contributed by atoms with E-state index in [0.29, 0.717) is 0 Å². The van der Waals surface area contributed by atoms with Gasteiger partial charge in [0.25, 0.3) is 0 Å². The monoisotopic (exact) mass is 650 g/mol. The minimum Gasteiger partial charge on any atom is -0.451 e. The van der Waals surface area contributed by atoms with Crippen LogP contribution in [-0.4, -0.2) is 11.9 Å². The predicted octanol–water partition coefficient (Wildman–Crippen LogP) is 9.01. The summed E-state index contributed by atoms with van der Waals surface area (Å²) in [5.41, 5.74) is -4.30. The molecular formula is C32H18F8O6. The van der Waals surface area contributed by atoms with Crippen LogP contribution in [0.5, 0.6) is 34.5 Å². The SMILES string of the molecule is C=C(C)C(=O)Oc1cccc(Oc2c(F)c(F)c(-c3c(F)c(F)c(Oc4cccc(OC(=O)C(=C)C)c4)c(F)c3F)c(F)c2F)c1. The first-order valence-electron chi connectivity index (χ1n) is 12.7. The highest BCUT2D eigenvalue weighted by Crippen LogP contribution is 2.43. The summed E-state index contributed by atoms with van der Waals surface area (Å²) in [5, 5.41) is 0. The van der Waals surface area contributed by atoms with Crippen LogP contribution in [0.25, 0.3) is 11.1 Å². The van der Waals surface area contributed by atoms with Crippen LogP contribution < -0.4 is 18.9 Å². The van der Waals surface area contributed by atoms with Crippen LogP contribution in [0.1, 0.15) is 13.8 Å². The molecule has 0 fully saturated rings. The van der Waals surface area contributed by atoms with Crippen LogP contribution in [0.4, 0.5) is 35.1 Å². The maximum atomic E-state index is 15.1. The molecule has 6 nitrogen and oxygen atoms in total. The van der Waals surface area contributed by atoms with Crippen LogP contribution in [0.15, 0.2) is 72.8 Å². The van der Waals surface area contributed by atoms with Crippen molar-refractivity contribution in [3.05, 3.63) is 119 Å². The summed E-state index contributed by atoms with van der Waals surface area (Å²) in [6.45, 7) is 9.39. The molecule has 0 aliphatic carbocycles. The Labute approximate surface area is 254 Å². The van der Waals surface area contributed by atoms with E-state index in [1.807, 2.05) is 0 Å². The molecule has 0 spiro atoms. The molecule has 4 rings (SSSR count). The zero-order valence-electron chi connectivity index (χ0n) is 23.5. The standard InChI is InChI=1S/C32H18F8O6/c1-13(2)31(41)45-17-9-5-7-15(11-17)43-29-25(37)21(33)19(22(34)26(29)38)20-23(35)27(39)30(28(40)24(20)36)44-16-8-6-10-18(12-16)46-32(42)14(3)4/h5-12H,1,3H2,2,4H3. The first-order chi connectivity index (χ1) is 21.6. The van der Waals surface area contributed by atoms with Crippen molar-refractivity contribution < 1.29 is 63.7 Å². The molecule has 0 N–H and O–H groups in total. The number of carbonyl (C=O) groups is 2. The van der Waals surface area contributed by atoms with E-state index in [9.17, 15) is 27.2 Å². The molecule has 4 aromatic rings. The first kappa shape index (κ1) is 33.2. The van der Waals surface area contributed by atoms with Crippen LogP contribution in [0, 0.1) is 46.5 Å². The third-order valence-corrected chi connectivity index (χ3v) is 5.87. The molecule has 0 aliphatic rings. The fraction of sp³-hybridized carbons (Fsp3) is 0.0625. The van der Waals surface area contributed by atoms with E-state index in [4.69, 9.17) is 18.9 Å². The van der Waals surface area contributed by atoms with Crippen molar-refractivity contribution >= 4 is 11.9 Å². The molecule has 0 saturated heterocycles. The third kappa shape index (κ3) is 6.55. The minimum absolute atomic E-state index is 0.00844. The van der Waals surface area contributed by atoms with E-state index in [-0.39, 0.29) is 22.6 Å². The Hall–Kier alpha value is -5.66. The molecule has 0 saturated carbocycles. The summed E-state index contributed by atoms with van der Waals surface area (Å²) in [7, 11) is 0. The van der Waals surface area contributed by atoms with Crippen LogP contribution in [0.2, 0.25) is 0 Å². The topological polar surface area (TPSA) is 71.1 Å². The van der Waals surface area contributed by atoms with E-state index < -0.39 is 92.6 Å². The van der Waals surface area contributed by atoms with Crippen LogP contribution in [-0.2, 0) is 9.59 Å². The second kappa shape index (κ2) is 13.1. The number of hydrogen-bond acceptors (Lipinski definition) is 6. The highest BCUT2D eigenvalue weighted by Gasteiger charge is 2.35. The van der Waals surface area contributed by atoms with Gasteiger partial charge in [-0.25, -0.2) is 27.2 Å². The normalized spacial score (nSPS) is 10.7. The quantitative estimate of drug-likeness (QED) is 0.0592. The Morgan fingerprint density at radius 2 is 0.783 bits per heavy atom. The number of rotatable bonds is 9. The molecule has 238 valence electrons. The average molecular weight is 650 g/mol. The van der Waals surface area contributed by atoms with Crippen molar-refractivity contribution in [2.75, 3.05) is 0 Å². The largest absolute Gasteiger partial charge is 0.451 e. The van der Waals surface area contributed by atoms with Gasteiger partial charge in [-0.3, -0.25) is 0 Å². The summed E-state index contributed by atoms with van der Waals surface area (Å²) >= 11 is 0. The Morgan fingerprint density at radius 3 is 1.07 bits per heavy atom. The Bertz CT molecular complexity index is 1740. The van der Waals surface area contributed by atoms with Gasteiger partial charge in [-0.2, -0.15) is 17.6 Å². The highest BCUT2D eigenvalue weighted by molar-refractivity contribution is 5.89. The number of carbonyl (C=O) groups excluding carboxylic acids is 2. The fourth-order valence-electron chi connectivity index (χ4n) is 3.67. The van der Waals surface area contributed by atoms with Gasteiger partial charge in [0, 0.05) is 23.3 Å². The molecule has 0 radical (unpaired) electrons. The van der Waals surface area contributed by atoms with Crippen molar-refractivity contribution in [3.8, 4) is 45.6 Å². The summed E-state index contributed by atoms with van der Waals surface area (Å²) in [4.78, 5) is 23.4. The maximum absolute atomic E-state index is 15.1. The molecule has 0 aromatic heterocycles. The van der Waals surface area contributed by atoms with Crippen LogP contribution >= 0.6 is 0 Å². The van der Waals surface area contributed by atoms with Crippen molar-refractivity contribution in [1.29, 1.82) is 0 Å². The lowest BCUT2D eigenvalue weighted by Crippen LogP contribution is -2.10. The van der Waals surface area contributed by atoms with Gasteiger partial charge in [0.2, 0.25) is 34.8 Å². The maximum Gasteiger partial charge on any atom is 0.338 e. The second-order valence-corrected chi connectivity index (χ2v) is 9.41. The van der Waals surface area contributed by atoms with Gasteiger partial charge in [-0.1, -0.05) is 25.3 Å². The first-order valence-corrected chi connectivity index (χ1v) is 12.7. The van der Waals surface area contributed by atoms with Gasteiger partial charge in [-0.15, -0.1) is 0 Å². The zero-order chi connectivity index (χ0) is 34.0. The number of ether oxygens (including phenoxy) is 4. The van der Waals surface area contributed by atoms with E-state index in [1.165, 1.54) is 38.1 Å². The minimum atomic E-state index is -2.48. The van der Waals surface area contributed by atoms with Gasteiger partial charge in [0.05, 0.1) is 11.1 Å². The van der Waals surface area contributed by atoms with Crippen molar-refractivity contribution in [3.63, 3.8) is 0 Å². The van der Waals surface area contributed by atoms with Gasteiger partial charge >= 0.3 is 11.9 Å². The molecule has 0 unspecified atom stereocenters. The average Bonchev–Trinajstić information content (AvgIpc) is 3.01. The fourth-order valence-corrected chi connectivity index (χ4v) is 3.67. The lowest BCUT2D eigenvalue weighted by atomic mass is 10.0. The molecule has 0 heterocycles. The molecule has 14 heteroatoms. The number of halogens is 8. The molecule has 0 atom stereocenters. The van der Waals surface area contributed by atoms with E-state index in [1.54, 1.807) is 0 Å². The molecule has 0 amide bonds. The zero-order valence-corrected chi connectivity index (χ0v) is 23.5. The molecule has 4 aromatic carbocycles. The van der Waals surface area contributed by atoms with Gasteiger partial charge in [0.15, 0.2) is 23.3 Å². The summed E-state index contributed by atoms with van der Waals surface area (Å²) in [6.07, 6.45) is 0. The number of hydrogen-bond donors (Lipinski definition) is 0.